The van der Waals surface area contributed by atoms with E-state index in [2.05, 4.69) is 20.4 Å². The predicted octanol–water partition coefficient (Wildman–Crippen LogP) is 4.19. The van der Waals surface area contributed by atoms with Crippen molar-refractivity contribution in [1.82, 2.24) is 19.7 Å². The molecule has 0 saturated heterocycles. The average molecular weight is 417 g/mol. The molecule has 2 N–H and O–H groups in total. The van der Waals surface area contributed by atoms with Crippen molar-refractivity contribution >= 4 is 57.5 Å². The highest BCUT2D eigenvalue weighted by atomic mass is 35.5. The summed E-state index contributed by atoms with van der Waals surface area (Å²) >= 11 is 16.6. The van der Waals surface area contributed by atoms with Gasteiger partial charge in [-0.2, -0.15) is 5.10 Å². The Hall–Kier alpha value is -2.09. The number of carboxylic acids is 1. The van der Waals surface area contributed by atoms with Gasteiger partial charge in [-0.05, 0) is 13.0 Å². The Kier molecular flexibility index (Phi) is 7.44. The standard InChI is InChI=1S/C11H13ClN4O2.C5H3Cl2N/c1-2-16-10-7(6-15-16)9(13-4-3-12)8(5-14-10)11(17)18;6-4-1-5(7)3-8-2-4/h5-6H,2-4H2,1H3,(H,13,14)(H,17,18);1-3H. The summed E-state index contributed by atoms with van der Waals surface area (Å²) in [6, 6.07) is 1.64. The molecule has 0 spiro atoms. The predicted molar refractivity (Wildman–Crippen MR) is 104 cm³/mol. The van der Waals surface area contributed by atoms with Gasteiger partial charge in [-0.15, -0.1) is 11.6 Å². The minimum atomic E-state index is -1.02. The molecule has 0 atom stereocenters. The second-order valence-corrected chi connectivity index (χ2v) is 6.24. The third-order valence-corrected chi connectivity index (χ3v) is 3.87. The molecule has 0 aliphatic rings. The topological polar surface area (TPSA) is 92.9 Å². The van der Waals surface area contributed by atoms with Crippen molar-refractivity contribution in [2.45, 2.75) is 13.5 Å². The van der Waals surface area contributed by atoms with Crippen molar-refractivity contribution in [2.24, 2.45) is 0 Å². The zero-order valence-corrected chi connectivity index (χ0v) is 16.1. The van der Waals surface area contributed by atoms with Crippen LogP contribution >= 0.6 is 34.8 Å². The van der Waals surface area contributed by atoms with Crippen molar-refractivity contribution in [3.8, 4) is 0 Å². The second kappa shape index (κ2) is 9.56. The van der Waals surface area contributed by atoms with E-state index in [0.29, 0.717) is 45.7 Å². The quantitative estimate of drug-likeness (QED) is 0.606. The maximum absolute atomic E-state index is 11.2. The smallest absolute Gasteiger partial charge is 0.339 e. The van der Waals surface area contributed by atoms with Crippen LogP contribution in [0.2, 0.25) is 10.0 Å². The number of aromatic carboxylic acids is 1. The van der Waals surface area contributed by atoms with Gasteiger partial charge in [0.15, 0.2) is 5.65 Å². The van der Waals surface area contributed by atoms with Gasteiger partial charge in [-0.25, -0.2) is 14.5 Å². The number of fused-ring (bicyclic) bond motifs is 1. The molecule has 3 aromatic rings. The molecule has 3 rings (SSSR count). The van der Waals surface area contributed by atoms with Crippen LogP contribution in [-0.4, -0.2) is 43.2 Å². The van der Waals surface area contributed by atoms with Crippen LogP contribution in [0.3, 0.4) is 0 Å². The first-order valence-corrected chi connectivity index (χ1v) is 8.90. The number of aryl methyl sites for hydroxylation is 1. The highest BCUT2D eigenvalue weighted by molar-refractivity contribution is 6.34. The molecule has 3 heterocycles. The van der Waals surface area contributed by atoms with Crippen LogP contribution in [0, 0.1) is 0 Å². The summed E-state index contributed by atoms with van der Waals surface area (Å²) in [7, 11) is 0. The minimum Gasteiger partial charge on any atom is -0.478 e. The number of carbonyl (C=O) groups is 1. The molecule has 0 aromatic carbocycles. The lowest BCUT2D eigenvalue weighted by Crippen LogP contribution is -2.10. The number of carboxylic acid groups (broad SMARTS) is 1. The number of aromatic nitrogens is 4. The van der Waals surface area contributed by atoms with E-state index in [-0.39, 0.29) is 5.56 Å². The summed E-state index contributed by atoms with van der Waals surface area (Å²) in [4.78, 5) is 19.0. The highest BCUT2D eigenvalue weighted by Crippen LogP contribution is 2.25. The Morgan fingerprint density at radius 1 is 1.23 bits per heavy atom. The fourth-order valence-corrected chi connectivity index (χ4v) is 2.67. The first-order valence-electron chi connectivity index (χ1n) is 7.61. The van der Waals surface area contributed by atoms with Crippen LogP contribution in [0.15, 0.2) is 30.9 Å². The molecule has 7 nitrogen and oxygen atoms in total. The number of rotatable bonds is 5. The molecule has 0 unspecified atom stereocenters. The molecule has 0 radical (unpaired) electrons. The summed E-state index contributed by atoms with van der Waals surface area (Å²) in [6.07, 6.45) is 6.03. The third kappa shape index (κ3) is 4.97. The number of halogens is 3. The van der Waals surface area contributed by atoms with Gasteiger partial charge < -0.3 is 10.4 Å². The number of anilines is 1. The summed E-state index contributed by atoms with van der Waals surface area (Å²) in [5.41, 5.74) is 1.32. The number of hydrogen-bond acceptors (Lipinski definition) is 5. The lowest BCUT2D eigenvalue weighted by Gasteiger charge is -2.09. The van der Waals surface area contributed by atoms with Crippen molar-refractivity contribution in [3.05, 3.63) is 46.5 Å². The molecule has 0 saturated carbocycles. The van der Waals surface area contributed by atoms with Gasteiger partial charge in [0.05, 0.1) is 27.3 Å². The van der Waals surface area contributed by atoms with E-state index in [1.807, 2.05) is 6.92 Å². The van der Waals surface area contributed by atoms with Crippen molar-refractivity contribution in [2.75, 3.05) is 17.7 Å². The minimum absolute atomic E-state index is 0.128. The molecule has 0 bridgehead atoms. The Balaban J connectivity index is 0.000000254. The van der Waals surface area contributed by atoms with Gasteiger partial charge in [0.1, 0.15) is 5.56 Å². The molecule has 3 aromatic heterocycles. The molecule has 10 heteroatoms. The Morgan fingerprint density at radius 2 is 1.92 bits per heavy atom. The zero-order chi connectivity index (χ0) is 19.1. The average Bonchev–Trinajstić information content (AvgIpc) is 3.03. The molecule has 26 heavy (non-hydrogen) atoms. The van der Waals surface area contributed by atoms with E-state index in [0.717, 1.165) is 0 Å². The second-order valence-electron chi connectivity index (χ2n) is 4.99. The Labute approximate surface area is 164 Å². The fourth-order valence-electron chi connectivity index (χ4n) is 2.17. The van der Waals surface area contributed by atoms with E-state index in [1.54, 1.807) is 16.9 Å². The van der Waals surface area contributed by atoms with E-state index >= 15 is 0 Å². The molecule has 138 valence electrons. The monoisotopic (exact) mass is 415 g/mol. The van der Waals surface area contributed by atoms with E-state index in [9.17, 15) is 4.79 Å². The van der Waals surface area contributed by atoms with Crippen LogP contribution in [0.25, 0.3) is 11.0 Å². The Morgan fingerprint density at radius 3 is 2.42 bits per heavy atom. The van der Waals surface area contributed by atoms with Crippen LogP contribution < -0.4 is 5.32 Å². The highest BCUT2D eigenvalue weighted by Gasteiger charge is 2.16. The molecular weight excluding hydrogens is 401 g/mol. The number of nitrogens with one attached hydrogen (secondary N) is 1. The summed E-state index contributed by atoms with van der Waals surface area (Å²) in [5, 5.41) is 18.2. The van der Waals surface area contributed by atoms with Gasteiger partial charge in [0, 0.05) is 37.6 Å². The third-order valence-electron chi connectivity index (χ3n) is 3.26. The molecule has 0 fully saturated rings. The maximum Gasteiger partial charge on any atom is 0.339 e. The fraction of sp³-hybridized carbons (Fsp3) is 0.250. The lowest BCUT2D eigenvalue weighted by molar-refractivity contribution is 0.0697. The number of hydrogen-bond donors (Lipinski definition) is 2. The van der Waals surface area contributed by atoms with Crippen LogP contribution in [-0.2, 0) is 6.54 Å². The van der Waals surface area contributed by atoms with Crippen molar-refractivity contribution in [1.29, 1.82) is 0 Å². The molecule has 0 aliphatic heterocycles. The molecule has 0 amide bonds. The van der Waals surface area contributed by atoms with Gasteiger partial charge in [-0.3, -0.25) is 4.98 Å². The largest absolute Gasteiger partial charge is 0.478 e. The molecular formula is C16H16Cl3N5O2. The van der Waals surface area contributed by atoms with Crippen LogP contribution in [0.1, 0.15) is 17.3 Å². The first kappa shape index (κ1) is 20.2. The number of alkyl halides is 1. The SMILES string of the molecule is CCn1ncc2c(NCCCl)c(C(=O)O)cnc21.Clc1cncc(Cl)c1. The lowest BCUT2D eigenvalue weighted by atomic mass is 10.2. The normalized spacial score (nSPS) is 10.3. The van der Waals surface area contributed by atoms with Gasteiger partial charge in [-0.1, -0.05) is 23.2 Å². The van der Waals surface area contributed by atoms with E-state index in [1.165, 1.54) is 18.6 Å². The molecule has 0 aliphatic carbocycles. The maximum atomic E-state index is 11.2. The number of pyridine rings is 2. The van der Waals surface area contributed by atoms with E-state index < -0.39 is 5.97 Å². The van der Waals surface area contributed by atoms with Crippen LogP contribution in [0.5, 0.6) is 0 Å². The van der Waals surface area contributed by atoms with Crippen molar-refractivity contribution < 1.29 is 9.90 Å². The van der Waals surface area contributed by atoms with Gasteiger partial charge in [0.2, 0.25) is 0 Å². The zero-order valence-electron chi connectivity index (χ0n) is 13.8. The van der Waals surface area contributed by atoms with Gasteiger partial charge in [0.25, 0.3) is 0 Å². The van der Waals surface area contributed by atoms with Crippen LogP contribution in [0.4, 0.5) is 5.69 Å². The summed E-state index contributed by atoms with van der Waals surface area (Å²) in [6.45, 7) is 3.11. The summed E-state index contributed by atoms with van der Waals surface area (Å²) < 4.78 is 1.72. The summed E-state index contributed by atoms with van der Waals surface area (Å²) in [5.74, 6) is -0.629. The first-order chi connectivity index (χ1) is 12.5. The Bertz CT molecular complexity index is 883. The van der Waals surface area contributed by atoms with E-state index in [4.69, 9.17) is 39.9 Å². The van der Waals surface area contributed by atoms with Gasteiger partial charge >= 0.3 is 5.97 Å². The number of nitrogens with zero attached hydrogens (tertiary/aromatic N) is 4. The van der Waals surface area contributed by atoms with Crippen molar-refractivity contribution in [3.63, 3.8) is 0 Å².